The van der Waals surface area contributed by atoms with Crippen molar-refractivity contribution in [3.63, 3.8) is 0 Å². The molecule has 130 valence electrons. The van der Waals surface area contributed by atoms with E-state index in [1.54, 1.807) is 16.9 Å². The van der Waals surface area contributed by atoms with Crippen molar-refractivity contribution in [1.29, 1.82) is 0 Å². The molecule has 0 bridgehead atoms. The second kappa shape index (κ2) is 6.40. The van der Waals surface area contributed by atoms with Crippen LogP contribution in [0.5, 0.6) is 17.2 Å². The quantitative estimate of drug-likeness (QED) is 0.602. The Morgan fingerprint density at radius 1 is 1.23 bits per heavy atom. The second-order valence-electron chi connectivity index (χ2n) is 5.82. The molecule has 0 amide bonds. The van der Waals surface area contributed by atoms with E-state index >= 15 is 0 Å². The molecule has 0 spiro atoms. The van der Waals surface area contributed by atoms with Crippen LogP contribution >= 0.6 is 0 Å². The first kappa shape index (κ1) is 16.0. The van der Waals surface area contributed by atoms with Gasteiger partial charge in [0.05, 0.1) is 23.5 Å². The summed E-state index contributed by atoms with van der Waals surface area (Å²) >= 11 is 0. The molecule has 4 aromatic rings. The van der Waals surface area contributed by atoms with Crippen molar-refractivity contribution >= 4 is 11.0 Å². The van der Waals surface area contributed by atoms with Gasteiger partial charge < -0.3 is 14.3 Å². The van der Waals surface area contributed by atoms with E-state index in [2.05, 4.69) is 5.10 Å². The molecule has 0 saturated carbocycles. The van der Waals surface area contributed by atoms with Crippen molar-refractivity contribution in [3.8, 4) is 22.9 Å². The van der Waals surface area contributed by atoms with Crippen LogP contribution in [0.2, 0.25) is 0 Å². The van der Waals surface area contributed by atoms with Crippen molar-refractivity contribution in [3.05, 3.63) is 76.9 Å². The number of rotatable bonds is 4. The van der Waals surface area contributed by atoms with Gasteiger partial charge >= 0.3 is 0 Å². The molecule has 0 aliphatic heterocycles. The molecule has 6 heteroatoms. The van der Waals surface area contributed by atoms with Gasteiger partial charge in [0.15, 0.2) is 5.75 Å². The van der Waals surface area contributed by atoms with Gasteiger partial charge in [0.25, 0.3) is 0 Å². The van der Waals surface area contributed by atoms with E-state index in [1.807, 2.05) is 37.3 Å². The number of phenolic OH excluding ortho intramolecular Hbond substituents is 1. The van der Waals surface area contributed by atoms with Crippen LogP contribution in [0.3, 0.4) is 0 Å². The van der Waals surface area contributed by atoms with E-state index in [9.17, 15) is 9.90 Å². The number of aromatic hydroxyl groups is 1. The Bertz CT molecular complexity index is 1130. The summed E-state index contributed by atoms with van der Waals surface area (Å²) in [6, 6.07) is 12.7. The average molecular weight is 348 g/mol. The van der Waals surface area contributed by atoms with Gasteiger partial charge in [-0.1, -0.05) is 25.1 Å². The van der Waals surface area contributed by atoms with Gasteiger partial charge in [-0.05, 0) is 30.2 Å². The van der Waals surface area contributed by atoms with E-state index in [-0.39, 0.29) is 16.9 Å². The van der Waals surface area contributed by atoms with Crippen molar-refractivity contribution in [1.82, 2.24) is 9.78 Å². The van der Waals surface area contributed by atoms with Gasteiger partial charge in [0.1, 0.15) is 17.6 Å². The molecule has 26 heavy (non-hydrogen) atoms. The molecule has 0 aliphatic rings. The number of para-hydroxylation sites is 1. The molecule has 0 unspecified atom stereocenters. The van der Waals surface area contributed by atoms with Crippen LogP contribution in [-0.4, -0.2) is 14.9 Å². The molecular formula is C20H16N2O4. The van der Waals surface area contributed by atoms with Crippen LogP contribution in [0.25, 0.3) is 16.7 Å². The lowest BCUT2D eigenvalue weighted by Gasteiger charge is -2.06. The van der Waals surface area contributed by atoms with Crippen LogP contribution in [0, 0.1) is 0 Å². The SMILES string of the molecule is CCc1cc2c(=O)c(Oc3cnn(-c4ccccc4)c3)coc2cc1O. The first-order chi connectivity index (χ1) is 12.7. The fourth-order valence-corrected chi connectivity index (χ4v) is 2.75. The Balaban J connectivity index is 1.70. The zero-order valence-corrected chi connectivity index (χ0v) is 14.0. The van der Waals surface area contributed by atoms with E-state index in [1.165, 1.54) is 18.5 Å². The largest absolute Gasteiger partial charge is 0.508 e. The van der Waals surface area contributed by atoms with Crippen LogP contribution in [-0.2, 0) is 6.42 Å². The molecule has 2 aromatic heterocycles. The van der Waals surface area contributed by atoms with Gasteiger partial charge in [-0.15, -0.1) is 0 Å². The molecule has 2 aromatic carbocycles. The van der Waals surface area contributed by atoms with Gasteiger partial charge in [0.2, 0.25) is 11.2 Å². The maximum Gasteiger partial charge on any atom is 0.235 e. The van der Waals surface area contributed by atoms with E-state index in [0.29, 0.717) is 28.7 Å². The fourth-order valence-electron chi connectivity index (χ4n) is 2.75. The minimum atomic E-state index is -0.298. The Morgan fingerprint density at radius 2 is 2.04 bits per heavy atom. The van der Waals surface area contributed by atoms with Crippen LogP contribution in [0.15, 0.2) is 70.3 Å². The Labute approximate surface area is 148 Å². The first-order valence-electron chi connectivity index (χ1n) is 8.21. The van der Waals surface area contributed by atoms with E-state index in [0.717, 1.165) is 5.69 Å². The zero-order valence-electron chi connectivity index (χ0n) is 14.0. The summed E-state index contributed by atoms with van der Waals surface area (Å²) in [6.45, 7) is 1.90. The lowest BCUT2D eigenvalue weighted by molar-refractivity contribution is 0.448. The molecule has 6 nitrogen and oxygen atoms in total. The minimum Gasteiger partial charge on any atom is -0.508 e. The average Bonchev–Trinajstić information content (AvgIpc) is 3.13. The third-order valence-corrected chi connectivity index (χ3v) is 4.13. The van der Waals surface area contributed by atoms with Gasteiger partial charge in [-0.2, -0.15) is 5.10 Å². The number of aromatic nitrogens is 2. The predicted molar refractivity (Wildman–Crippen MR) is 97.2 cm³/mol. The predicted octanol–water partition coefficient (Wildman–Crippen LogP) is 4.04. The first-order valence-corrected chi connectivity index (χ1v) is 8.21. The molecule has 1 N–H and O–H groups in total. The second-order valence-corrected chi connectivity index (χ2v) is 5.82. The topological polar surface area (TPSA) is 77.5 Å². The summed E-state index contributed by atoms with van der Waals surface area (Å²) in [5.74, 6) is 0.605. The van der Waals surface area contributed by atoms with Crippen molar-refractivity contribution in [2.75, 3.05) is 0 Å². The van der Waals surface area contributed by atoms with Crippen molar-refractivity contribution in [2.45, 2.75) is 13.3 Å². The van der Waals surface area contributed by atoms with Gasteiger partial charge in [0, 0.05) is 6.07 Å². The van der Waals surface area contributed by atoms with Crippen LogP contribution in [0.4, 0.5) is 0 Å². The molecule has 0 radical (unpaired) electrons. The van der Waals surface area contributed by atoms with Crippen LogP contribution in [0.1, 0.15) is 12.5 Å². The Hall–Kier alpha value is -3.54. The molecule has 4 rings (SSSR count). The standard InChI is InChI=1S/C20H16N2O4/c1-2-13-8-16-18(9-17(13)23)25-12-19(20(16)24)26-15-10-21-22(11-15)14-6-4-3-5-7-14/h3-12,23H,2H2,1H3. The lowest BCUT2D eigenvalue weighted by atomic mass is 10.1. The van der Waals surface area contributed by atoms with E-state index in [4.69, 9.17) is 9.15 Å². The van der Waals surface area contributed by atoms with E-state index < -0.39 is 0 Å². The zero-order chi connectivity index (χ0) is 18.1. The summed E-state index contributed by atoms with van der Waals surface area (Å²) in [7, 11) is 0. The molecule has 0 fully saturated rings. The highest BCUT2D eigenvalue weighted by atomic mass is 16.5. The molecular weight excluding hydrogens is 332 g/mol. The maximum atomic E-state index is 12.7. The molecule has 0 saturated heterocycles. The number of ether oxygens (including phenoxy) is 1. The number of hydrogen-bond acceptors (Lipinski definition) is 5. The summed E-state index contributed by atoms with van der Waals surface area (Å²) in [5.41, 5.74) is 1.58. The van der Waals surface area contributed by atoms with Crippen molar-refractivity contribution < 1.29 is 14.3 Å². The number of nitrogens with zero attached hydrogens (tertiary/aromatic N) is 2. The maximum absolute atomic E-state index is 12.7. The number of benzene rings is 2. The van der Waals surface area contributed by atoms with Gasteiger partial charge in [-0.25, -0.2) is 4.68 Å². The number of hydrogen-bond donors (Lipinski definition) is 1. The summed E-state index contributed by atoms with van der Waals surface area (Å²) in [5, 5.41) is 14.5. The molecule has 0 atom stereocenters. The number of aryl methyl sites for hydroxylation is 1. The monoisotopic (exact) mass is 348 g/mol. The highest BCUT2D eigenvalue weighted by Gasteiger charge is 2.13. The summed E-state index contributed by atoms with van der Waals surface area (Å²) < 4.78 is 12.8. The number of fused-ring (bicyclic) bond motifs is 1. The highest BCUT2D eigenvalue weighted by molar-refractivity contribution is 5.80. The van der Waals surface area contributed by atoms with Crippen molar-refractivity contribution in [2.24, 2.45) is 0 Å². The third kappa shape index (κ3) is 2.82. The lowest BCUT2D eigenvalue weighted by Crippen LogP contribution is -2.05. The molecule has 0 aliphatic carbocycles. The number of phenols is 1. The molecule has 2 heterocycles. The fraction of sp³-hybridized carbons (Fsp3) is 0.100. The normalized spacial score (nSPS) is 11.0. The summed E-state index contributed by atoms with van der Waals surface area (Å²) in [4.78, 5) is 12.7. The smallest absolute Gasteiger partial charge is 0.235 e. The van der Waals surface area contributed by atoms with Gasteiger partial charge in [-0.3, -0.25) is 4.79 Å². The van der Waals surface area contributed by atoms with Crippen LogP contribution < -0.4 is 10.2 Å². The highest BCUT2D eigenvalue weighted by Crippen LogP contribution is 2.27. The third-order valence-electron chi connectivity index (χ3n) is 4.13. The summed E-state index contributed by atoms with van der Waals surface area (Å²) in [6.07, 6.45) is 5.07. The Morgan fingerprint density at radius 3 is 2.81 bits per heavy atom. The Kier molecular flexibility index (Phi) is 3.93. The minimum absolute atomic E-state index is 0.0675.